The van der Waals surface area contributed by atoms with E-state index in [1.165, 1.54) is 24.5 Å². The van der Waals surface area contributed by atoms with Crippen molar-refractivity contribution in [3.8, 4) is 11.3 Å². The Morgan fingerprint density at radius 3 is 2.76 bits per heavy atom. The van der Waals surface area contributed by atoms with E-state index in [0.717, 1.165) is 19.8 Å². The Kier molecular flexibility index (Phi) is 5.10. The molecule has 0 saturated heterocycles. The molecule has 0 unspecified atom stereocenters. The SMILES string of the molecule is CC(F)(F)Cc1cc(NC(=O)Nc2ccc(-c3nn(C4CC4)c4ncnc(N)c34)cc2F)on1. The van der Waals surface area contributed by atoms with Crippen LogP contribution in [0.25, 0.3) is 22.3 Å². The van der Waals surface area contributed by atoms with Crippen molar-refractivity contribution in [3.05, 3.63) is 42.1 Å². The van der Waals surface area contributed by atoms with Gasteiger partial charge < -0.3 is 15.6 Å². The van der Waals surface area contributed by atoms with Crippen LogP contribution in [0.4, 0.5) is 35.4 Å². The molecule has 4 aromatic rings. The van der Waals surface area contributed by atoms with Crippen LogP contribution in [0, 0.1) is 5.82 Å². The van der Waals surface area contributed by atoms with Crippen molar-refractivity contribution in [1.29, 1.82) is 0 Å². The van der Waals surface area contributed by atoms with Crippen LogP contribution in [-0.2, 0) is 6.42 Å². The average Bonchev–Trinajstić information content (AvgIpc) is 3.39. The summed E-state index contributed by atoms with van der Waals surface area (Å²) in [7, 11) is 0. The molecule has 10 nitrogen and oxygen atoms in total. The minimum Gasteiger partial charge on any atom is -0.383 e. The lowest BCUT2D eigenvalue weighted by molar-refractivity contribution is 0.0209. The second kappa shape index (κ2) is 8.01. The summed E-state index contributed by atoms with van der Waals surface area (Å²) in [5, 5.41) is 13.2. The van der Waals surface area contributed by atoms with Crippen LogP contribution in [0.3, 0.4) is 0 Å². The topological polar surface area (TPSA) is 137 Å². The van der Waals surface area contributed by atoms with E-state index in [0.29, 0.717) is 22.3 Å². The zero-order chi connectivity index (χ0) is 24.0. The normalized spacial score (nSPS) is 13.9. The molecule has 3 heterocycles. The van der Waals surface area contributed by atoms with Crippen LogP contribution in [0.2, 0.25) is 0 Å². The number of halogens is 3. The highest BCUT2D eigenvalue weighted by Gasteiger charge is 2.29. The van der Waals surface area contributed by atoms with Gasteiger partial charge in [0.1, 0.15) is 23.7 Å². The summed E-state index contributed by atoms with van der Waals surface area (Å²) >= 11 is 0. The van der Waals surface area contributed by atoms with Gasteiger partial charge in [-0.15, -0.1) is 0 Å². The van der Waals surface area contributed by atoms with Gasteiger partial charge in [0.2, 0.25) is 5.88 Å². The van der Waals surface area contributed by atoms with E-state index in [1.54, 1.807) is 10.7 Å². The first kappa shape index (κ1) is 21.7. The average molecular weight is 472 g/mol. The molecule has 4 N–H and O–H groups in total. The van der Waals surface area contributed by atoms with Crippen LogP contribution < -0.4 is 16.4 Å². The van der Waals surface area contributed by atoms with Crippen LogP contribution in [0.15, 0.2) is 35.1 Å². The van der Waals surface area contributed by atoms with Crippen LogP contribution in [0.1, 0.15) is 31.5 Å². The van der Waals surface area contributed by atoms with Gasteiger partial charge in [0.15, 0.2) is 5.65 Å². The van der Waals surface area contributed by atoms with Crippen molar-refractivity contribution in [2.24, 2.45) is 0 Å². The number of nitrogens with zero attached hydrogens (tertiary/aromatic N) is 5. The highest BCUT2D eigenvalue weighted by molar-refractivity contribution is 6.00. The number of benzene rings is 1. The van der Waals surface area contributed by atoms with Gasteiger partial charge in [-0.05, 0) is 31.9 Å². The minimum absolute atomic E-state index is 0.0283. The van der Waals surface area contributed by atoms with Crippen molar-refractivity contribution < 1.29 is 22.5 Å². The van der Waals surface area contributed by atoms with Crippen molar-refractivity contribution in [3.63, 3.8) is 0 Å². The van der Waals surface area contributed by atoms with Gasteiger partial charge in [-0.1, -0.05) is 11.2 Å². The molecule has 0 atom stereocenters. The molecule has 34 heavy (non-hydrogen) atoms. The third-order valence-electron chi connectivity index (χ3n) is 5.19. The third kappa shape index (κ3) is 4.36. The van der Waals surface area contributed by atoms with E-state index in [9.17, 15) is 18.0 Å². The number of rotatable bonds is 6. The summed E-state index contributed by atoms with van der Waals surface area (Å²) in [4.78, 5) is 20.5. The molecule has 5 rings (SSSR count). The Morgan fingerprint density at radius 2 is 2.06 bits per heavy atom. The number of fused-ring (bicyclic) bond motifs is 1. The Labute approximate surface area is 190 Å². The van der Waals surface area contributed by atoms with E-state index >= 15 is 0 Å². The lowest BCUT2D eigenvalue weighted by Gasteiger charge is -2.08. The predicted molar refractivity (Wildman–Crippen MR) is 117 cm³/mol. The third-order valence-corrected chi connectivity index (χ3v) is 5.19. The highest BCUT2D eigenvalue weighted by Crippen LogP contribution is 2.40. The van der Waals surface area contributed by atoms with Gasteiger partial charge in [0.25, 0.3) is 5.92 Å². The zero-order valence-electron chi connectivity index (χ0n) is 17.8. The fourth-order valence-electron chi connectivity index (χ4n) is 3.57. The van der Waals surface area contributed by atoms with Gasteiger partial charge in [0, 0.05) is 11.6 Å². The summed E-state index contributed by atoms with van der Waals surface area (Å²) in [6, 6.07) is 4.73. The molecular formula is C21H19F3N8O2. The van der Waals surface area contributed by atoms with Crippen molar-refractivity contribution >= 4 is 34.5 Å². The lowest BCUT2D eigenvalue weighted by atomic mass is 10.1. The number of nitrogen functional groups attached to an aromatic ring is 1. The van der Waals surface area contributed by atoms with E-state index in [4.69, 9.17) is 10.3 Å². The molecule has 1 aliphatic carbocycles. The Hall–Kier alpha value is -4.16. The number of aromatic nitrogens is 5. The number of hydrogen-bond donors (Lipinski definition) is 3. The highest BCUT2D eigenvalue weighted by atomic mass is 19.3. The summed E-state index contributed by atoms with van der Waals surface area (Å²) in [5.74, 6) is -3.61. The maximum atomic E-state index is 14.8. The number of anilines is 3. The number of carbonyl (C=O) groups excluding carboxylic acids is 1. The molecule has 3 aromatic heterocycles. The first-order valence-corrected chi connectivity index (χ1v) is 10.4. The standard InChI is InChI=1S/C21H19F3N8O2/c1-21(23,24)8-11-7-15(34-31-11)29-20(33)28-14-5-2-10(6-13(14)22)17-16-18(25)26-9-27-19(16)32(30-17)12-3-4-12/h2,5-7,9,12H,3-4,8H2,1H3,(H2,25,26,27)(H2,28,29,33). The number of nitrogens with two attached hydrogens (primary N) is 1. The Balaban J connectivity index is 1.34. The van der Waals surface area contributed by atoms with Crippen molar-refractivity contribution in [2.75, 3.05) is 16.4 Å². The second-order valence-electron chi connectivity index (χ2n) is 8.19. The summed E-state index contributed by atoms with van der Waals surface area (Å²) in [5.41, 5.74) is 7.37. The molecule has 0 aliphatic heterocycles. The van der Waals surface area contributed by atoms with Crippen LogP contribution in [0.5, 0.6) is 0 Å². The van der Waals surface area contributed by atoms with Gasteiger partial charge >= 0.3 is 6.03 Å². The summed E-state index contributed by atoms with van der Waals surface area (Å²) in [6.07, 6.45) is 2.66. The number of carbonyl (C=O) groups is 1. The Bertz CT molecular complexity index is 1390. The summed E-state index contributed by atoms with van der Waals surface area (Å²) in [6.45, 7) is 0.745. The maximum absolute atomic E-state index is 14.8. The monoisotopic (exact) mass is 472 g/mol. The van der Waals surface area contributed by atoms with Crippen LogP contribution >= 0.6 is 0 Å². The Morgan fingerprint density at radius 1 is 1.26 bits per heavy atom. The van der Waals surface area contributed by atoms with Gasteiger partial charge in [0.05, 0.1) is 29.2 Å². The fourth-order valence-corrected chi connectivity index (χ4v) is 3.57. The molecular weight excluding hydrogens is 453 g/mol. The maximum Gasteiger partial charge on any atom is 0.326 e. The van der Waals surface area contributed by atoms with Gasteiger partial charge in [-0.2, -0.15) is 5.10 Å². The zero-order valence-corrected chi connectivity index (χ0v) is 17.8. The minimum atomic E-state index is -2.97. The number of hydrogen-bond acceptors (Lipinski definition) is 7. The molecule has 1 aromatic carbocycles. The van der Waals surface area contributed by atoms with Crippen LogP contribution in [-0.4, -0.2) is 36.9 Å². The van der Waals surface area contributed by atoms with E-state index in [-0.39, 0.29) is 29.1 Å². The first-order chi connectivity index (χ1) is 16.2. The molecule has 0 spiro atoms. The number of amides is 2. The fraction of sp³-hybridized carbons (Fsp3) is 0.286. The molecule has 0 radical (unpaired) electrons. The quantitative estimate of drug-likeness (QED) is 0.379. The lowest BCUT2D eigenvalue weighted by Crippen LogP contribution is -2.19. The first-order valence-electron chi connectivity index (χ1n) is 10.4. The number of urea groups is 1. The van der Waals surface area contributed by atoms with E-state index in [2.05, 4.69) is 30.9 Å². The molecule has 176 valence electrons. The van der Waals surface area contributed by atoms with Crippen molar-refractivity contribution in [1.82, 2.24) is 24.9 Å². The molecule has 13 heteroatoms. The van der Waals surface area contributed by atoms with Crippen molar-refractivity contribution in [2.45, 2.75) is 38.2 Å². The van der Waals surface area contributed by atoms with E-state index < -0.39 is 24.2 Å². The molecule has 1 aliphatic rings. The predicted octanol–water partition coefficient (Wildman–Crippen LogP) is 4.38. The smallest absolute Gasteiger partial charge is 0.326 e. The van der Waals surface area contributed by atoms with Gasteiger partial charge in [-0.3, -0.25) is 5.32 Å². The summed E-state index contributed by atoms with van der Waals surface area (Å²) < 4.78 is 47.6. The largest absolute Gasteiger partial charge is 0.383 e. The second-order valence-corrected chi connectivity index (χ2v) is 8.19. The number of nitrogens with one attached hydrogen (secondary N) is 2. The molecule has 2 amide bonds. The van der Waals surface area contributed by atoms with Gasteiger partial charge in [-0.25, -0.2) is 32.6 Å². The molecule has 0 bridgehead atoms. The molecule has 1 saturated carbocycles. The van der Waals surface area contributed by atoms with E-state index in [1.807, 2.05) is 0 Å². The molecule has 1 fully saturated rings. The number of alkyl halides is 2.